The monoisotopic (exact) mass is 452 g/mol. The largest absolute Gasteiger partial charge is 0.366 e. The van der Waals surface area contributed by atoms with E-state index in [0.717, 1.165) is 56.3 Å². The maximum Gasteiger partial charge on any atom is 0.249 e. The van der Waals surface area contributed by atoms with Gasteiger partial charge in [-0.25, -0.2) is 0 Å². The van der Waals surface area contributed by atoms with Crippen LogP contribution in [0.4, 0.5) is 5.69 Å². The van der Waals surface area contributed by atoms with E-state index in [4.69, 9.17) is 10.3 Å². The number of primary amides is 1. The summed E-state index contributed by atoms with van der Waals surface area (Å²) in [6.45, 7) is 4.33. The van der Waals surface area contributed by atoms with Crippen LogP contribution in [0, 0.1) is 13.8 Å². The van der Waals surface area contributed by atoms with Crippen molar-refractivity contribution in [2.24, 2.45) is 5.73 Å². The van der Waals surface area contributed by atoms with Crippen molar-refractivity contribution in [2.45, 2.75) is 20.4 Å². The first-order chi connectivity index (χ1) is 16.4. The first-order valence-electron chi connectivity index (χ1n) is 10.9. The van der Waals surface area contributed by atoms with Crippen molar-refractivity contribution in [2.75, 3.05) is 11.9 Å². The molecule has 2 N–H and O–H groups in total. The minimum atomic E-state index is -0.522. The van der Waals surface area contributed by atoms with E-state index in [2.05, 4.69) is 27.9 Å². The number of carbonyl (C=O) groups excluding carboxylic acids is 2. The Labute approximate surface area is 196 Å². The number of aromatic nitrogens is 2. The van der Waals surface area contributed by atoms with Gasteiger partial charge in [0.15, 0.2) is 0 Å². The highest BCUT2D eigenvalue weighted by Gasteiger charge is 2.22. The van der Waals surface area contributed by atoms with E-state index >= 15 is 0 Å². The number of nitrogens with two attached hydrogens (primary N) is 1. The van der Waals surface area contributed by atoms with Crippen molar-refractivity contribution in [3.8, 4) is 11.1 Å². The second-order valence-corrected chi connectivity index (χ2v) is 8.47. The third kappa shape index (κ3) is 3.42. The quantitative estimate of drug-likeness (QED) is 0.374. The van der Waals surface area contributed by atoms with Crippen LogP contribution >= 0.6 is 0 Å². The lowest BCUT2D eigenvalue weighted by molar-refractivity contribution is -0.107. The predicted molar refractivity (Wildman–Crippen MR) is 133 cm³/mol. The van der Waals surface area contributed by atoms with E-state index < -0.39 is 5.91 Å². The summed E-state index contributed by atoms with van der Waals surface area (Å²) in [5.74, 6) is 0.152. The summed E-state index contributed by atoms with van der Waals surface area (Å²) in [7, 11) is 1.70. The fourth-order valence-corrected chi connectivity index (χ4v) is 4.66. The normalized spacial score (nSPS) is 11.3. The van der Waals surface area contributed by atoms with Gasteiger partial charge in [0, 0.05) is 46.7 Å². The van der Waals surface area contributed by atoms with Crippen molar-refractivity contribution in [3.05, 3.63) is 83.2 Å². The lowest BCUT2D eigenvalue weighted by Crippen LogP contribution is -2.13. The molecule has 0 fully saturated rings. The lowest BCUT2D eigenvalue weighted by Gasteiger charge is -2.12. The van der Waals surface area contributed by atoms with E-state index in [1.165, 1.54) is 4.90 Å². The first kappa shape index (κ1) is 21.5. The van der Waals surface area contributed by atoms with Crippen LogP contribution in [0.15, 0.2) is 65.2 Å². The molecule has 2 amide bonds. The molecule has 7 heteroatoms. The fourth-order valence-electron chi connectivity index (χ4n) is 4.66. The molecule has 3 aromatic carbocycles. The fraction of sp³-hybridized carbons (Fsp3) is 0.148. The Hall–Kier alpha value is -4.39. The maximum atomic E-state index is 12.7. The lowest BCUT2D eigenvalue weighted by atomic mass is 9.97. The van der Waals surface area contributed by atoms with Crippen LogP contribution in [-0.4, -0.2) is 29.1 Å². The van der Waals surface area contributed by atoms with E-state index in [0.29, 0.717) is 17.9 Å². The summed E-state index contributed by atoms with van der Waals surface area (Å²) in [5.41, 5.74) is 12.4. The van der Waals surface area contributed by atoms with Gasteiger partial charge in [0.1, 0.15) is 5.76 Å². The number of amides is 2. The molecule has 0 radical (unpaired) electrons. The second-order valence-electron chi connectivity index (χ2n) is 8.47. The molecular formula is C27H24N4O3. The predicted octanol–water partition coefficient (Wildman–Crippen LogP) is 4.81. The zero-order chi connectivity index (χ0) is 24.0. The van der Waals surface area contributed by atoms with Gasteiger partial charge in [-0.05, 0) is 55.3 Å². The van der Waals surface area contributed by atoms with Crippen LogP contribution in [0.3, 0.4) is 0 Å². The molecule has 5 rings (SSSR count). The summed E-state index contributed by atoms with van der Waals surface area (Å²) >= 11 is 0. The molecule has 0 saturated heterocycles. The van der Waals surface area contributed by atoms with Crippen LogP contribution in [0.1, 0.15) is 27.4 Å². The topological polar surface area (TPSA) is 94.4 Å². The molecule has 0 aliphatic carbocycles. The minimum Gasteiger partial charge on any atom is -0.366 e. The molecule has 7 nitrogen and oxygen atoms in total. The summed E-state index contributed by atoms with van der Waals surface area (Å²) in [5, 5.41) is 5.70. The second kappa shape index (κ2) is 8.19. The third-order valence-electron chi connectivity index (χ3n) is 6.29. The van der Waals surface area contributed by atoms with Gasteiger partial charge in [0.2, 0.25) is 12.3 Å². The Morgan fingerprint density at radius 1 is 1.09 bits per heavy atom. The number of carbonyl (C=O) groups is 2. The summed E-state index contributed by atoms with van der Waals surface area (Å²) in [6.07, 6.45) is 0.759. The number of anilines is 1. The van der Waals surface area contributed by atoms with Crippen molar-refractivity contribution in [1.29, 1.82) is 0 Å². The number of benzene rings is 3. The first-order valence-corrected chi connectivity index (χ1v) is 10.9. The SMILES string of the molecule is Cc1noc(C)c1-c1cc(C(N)=O)c2c3cc(N(C)C=O)ccc3n(Cc3ccccc3)c2c1. The summed E-state index contributed by atoms with van der Waals surface area (Å²) in [6, 6.07) is 19.8. The van der Waals surface area contributed by atoms with Gasteiger partial charge in [-0.1, -0.05) is 35.5 Å². The van der Waals surface area contributed by atoms with Crippen LogP contribution < -0.4 is 10.6 Å². The minimum absolute atomic E-state index is 0.412. The van der Waals surface area contributed by atoms with Gasteiger partial charge in [-0.15, -0.1) is 0 Å². The Balaban J connectivity index is 1.89. The van der Waals surface area contributed by atoms with Gasteiger partial charge < -0.3 is 19.7 Å². The van der Waals surface area contributed by atoms with Crippen LogP contribution in [0.5, 0.6) is 0 Å². The van der Waals surface area contributed by atoms with Crippen molar-refractivity contribution >= 4 is 39.8 Å². The Morgan fingerprint density at radius 2 is 1.85 bits per heavy atom. The number of hydrogen-bond acceptors (Lipinski definition) is 4. The smallest absolute Gasteiger partial charge is 0.249 e. The molecule has 0 bridgehead atoms. The Morgan fingerprint density at radius 3 is 2.50 bits per heavy atom. The molecule has 2 aromatic heterocycles. The zero-order valence-electron chi connectivity index (χ0n) is 19.2. The van der Waals surface area contributed by atoms with Crippen LogP contribution in [0.25, 0.3) is 32.9 Å². The number of aryl methyl sites for hydroxylation is 2. The molecule has 0 unspecified atom stereocenters. The highest BCUT2D eigenvalue weighted by Crippen LogP contribution is 2.38. The van der Waals surface area contributed by atoms with Gasteiger partial charge >= 0.3 is 0 Å². The molecule has 0 aliphatic rings. The van der Waals surface area contributed by atoms with E-state index in [1.54, 1.807) is 13.1 Å². The average molecular weight is 453 g/mol. The molecule has 170 valence electrons. The van der Waals surface area contributed by atoms with Gasteiger partial charge in [-0.2, -0.15) is 0 Å². The van der Waals surface area contributed by atoms with Gasteiger partial charge in [-0.3, -0.25) is 9.59 Å². The molecule has 2 heterocycles. The Kier molecular flexibility index (Phi) is 5.17. The standard InChI is InChI=1S/C27H24N4O3/c1-16-25(17(2)34-29-16)19-11-22(27(28)33)26-21-13-20(30(3)15-32)9-10-23(21)31(24(26)12-19)14-18-7-5-4-6-8-18/h4-13,15H,14H2,1-3H3,(H2,28,33). The van der Waals surface area contributed by atoms with Crippen molar-refractivity contribution in [1.82, 2.24) is 9.72 Å². The van der Waals surface area contributed by atoms with Crippen LogP contribution in [-0.2, 0) is 11.3 Å². The zero-order valence-corrected chi connectivity index (χ0v) is 19.2. The van der Waals surface area contributed by atoms with Gasteiger partial charge in [0.25, 0.3) is 0 Å². The number of hydrogen-bond donors (Lipinski definition) is 1. The Bertz CT molecular complexity index is 1540. The van der Waals surface area contributed by atoms with E-state index in [9.17, 15) is 9.59 Å². The van der Waals surface area contributed by atoms with E-state index in [-0.39, 0.29) is 0 Å². The summed E-state index contributed by atoms with van der Waals surface area (Å²) < 4.78 is 7.57. The highest BCUT2D eigenvalue weighted by molar-refractivity contribution is 6.19. The van der Waals surface area contributed by atoms with Crippen molar-refractivity contribution in [3.63, 3.8) is 0 Å². The molecular weight excluding hydrogens is 428 g/mol. The molecule has 5 aromatic rings. The van der Waals surface area contributed by atoms with Gasteiger partial charge in [0.05, 0.1) is 11.2 Å². The molecule has 0 aliphatic heterocycles. The molecule has 0 atom stereocenters. The van der Waals surface area contributed by atoms with Crippen LogP contribution in [0.2, 0.25) is 0 Å². The number of nitrogens with zero attached hydrogens (tertiary/aromatic N) is 3. The third-order valence-corrected chi connectivity index (χ3v) is 6.29. The van der Waals surface area contributed by atoms with Crippen molar-refractivity contribution < 1.29 is 14.1 Å². The molecule has 0 saturated carbocycles. The summed E-state index contributed by atoms with van der Waals surface area (Å²) in [4.78, 5) is 25.6. The number of fused-ring (bicyclic) bond motifs is 3. The maximum absolute atomic E-state index is 12.7. The number of rotatable bonds is 6. The average Bonchev–Trinajstić information content (AvgIpc) is 3.34. The van der Waals surface area contributed by atoms with E-state index in [1.807, 2.05) is 50.2 Å². The molecule has 0 spiro atoms. The highest BCUT2D eigenvalue weighted by atomic mass is 16.5. The molecule has 34 heavy (non-hydrogen) atoms.